The molecule has 0 aliphatic heterocycles. The minimum absolute atomic E-state index is 0.0977. The second-order valence-corrected chi connectivity index (χ2v) is 6.75. The summed E-state index contributed by atoms with van der Waals surface area (Å²) in [5, 5.41) is 7.30. The average Bonchev–Trinajstić information content (AvgIpc) is 2.91. The third kappa shape index (κ3) is 3.81. The first kappa shape index (κ1) is 16.2. The maximum atomic E-state index is 12.6. The SMILES string of the molecule is Cc1nc(C)c(CNC(=O)c2ccccc2Nc2ccccc2)s1. The van der Waals surface area contributed by atoms with Crippen LogP contribution in [0.3, 0.4) is 0 Å². The number of aryl methyl sites for hydroxylation is 2. The van der Waals surface area contributed by atoms with Crippen molar-refractivity contribution in [3.63, 3.8) is 0 Å². The number of thiazole rings is 1. The van der Waals surface area contributed by atoms with Crippen molar-refractivity contribution in [3.8, 4) is 0 Å². The van der Waals surface area contributed by atoms with Gasteiger partial charge < -0.3 is 10.6 Å². The van der Waals surface area contributed by atoms with Gasteiger partial charge in [-0.3, -0.25) is 4.79 Å². The molecule has 0 spiro atoms. The van der Waals surface area contributed by atoms with Crippen molar-refractivity contribution in [1.29, 1.82) is 0 Å². The predicted molar refractivity (Wildman–Crippen MR) is 98.9 cm³/mol. The van der Waals surface area contributed by atoms with Crippen molar-refractivity contribution in [2.24, 2.45) is 0 Å². The van der Waals surface area contributed by atoms with Crippen LogP contribution in [0.15, 0.2) is 54.6 Å². The fourth-order valence-corrected chi connectivity index (χ4v) is 3.34. The van der Waals surface area contributed by atoms with Crippen LogP contribution < -0.4 is 10.6 Å². The van der Waals surface area contributed by atoms with E-state index in [0.29, 0.717) is 12.1 Å². The Hall–Kier alpha value is -2.66. The van der Waals surface area contributed by atoms with Crippen molar-refractivity contribution >= 4 is 28.6 Å². The second kappa shape index (κ2) is 7.27. The zero-order chi connectivity index (χ0) is 16.9. The number of hydrogen-bond donors (Lipinski definition) is 2. The summed E-state index contributed by atoms with van der Waals surface area (Å²) in [6, 6.07) is 17.3. The summed E-state index contributed by atoms with van der Waals surface area (Å²) < 4.78 is 0. The summed E-state index contributed by atoms with van der Waals surface area (Å²) in [6.45, 7) is 4.44. The zero-order valence-corrected chi connectivity index (χ0v) is 14.5. The van der Waals surface area contributed by atoms with Crippen molar-refractivity contribution in [1.82, 2.24) is 10.3 Å². The van der Waals surface area contributed by atoms with Crippen LogP contribution in [0.4, 0.5) is 11.4 Å². The molecule has 1 heterocycles. The van der Waals surface area contributed by atoms with Crippen LogP contribution in [0.25, 0.3) is 0 Å². The van der Waals surface area contributed by atoms with Gasteiger partial charge in [0.05, 0.1) is 28.5 Å². The van der Waals surface area contributed by atoms with E-state index in [9.17, 15) is 4.79 Å². The lowest BCUT2D eigenvalue weighted by Crippen LogP contribution is -2.23. The molecule has 4 nitrogen and oxygen atoms in total. The van der Waals surface area contributed by atoms with Crippen LogP contribution in [-0.4, -0.2) is 10.9 Å². The number of nitrogens with one attached hydrogen (secondary N) is 2. The topological polar surface area (TPSA) is 54.0 Å². The Morgan fingerprint density at radius 3 is 2.46 bits per heavy atom. The van der Waals surface area contributed by atoms with Crippen LogP contribution in [0.5, 0.6) is 0 Å². The number of rotatable bonds is 5. The maximum Gasteiger partial charge on any atom is 0.253 e. The number of nitrogens with zero attached hydrogens (tertiary/aromatic N) is 1. The average molecular weight is 337 g/mol. The van der Waals surface area contributed by atoms with Crippen LogP contribution in [0.2, 0.25) is 0 Å². The fourth-order valence-electron chi connectivity index (χ4n) is 2.46. The third-order valence-corrected chi connectivity index (χ3v) is 4.71. The zero-order valence-electron chi connectivity index (χ0n) is 13.7. The molecule has 122 valence electrons. The molecule has 0 unspecified atom stereocenters. The highest BCUT2D eigenvalue weighted by Crippen LogP contribution is 2.21. The van der Waals surface area contributed by atoms with Gasteiger partial charge in [-0.25, -0.2) is 4.98 Å². The minimum Gasteiger partial charge on any atom is -0.355 e. The monoisotopic (exact) mass is 337 g/mol. The first-order valence-corrected chi connectivity index (χ1v) is 8.57. The molecule has 0 saturated carbocycles. The number of carbonyl (C=O) groups excluding carboxylic acids is 1. The molecule has 0 aliphatic rings. The van der Waals surface area contributed by atoms with E-state index in [1.165, 1.54) is 0 Å². The highest BCUT2D eigenvalue weighted by molar-refractivity contribution is 7.11. The summed E-state index contributed by atoms with van der Waals surface area (Å²) in [5.41, 5.74) is 3.35. The van der Waals surface area contributed by atoms with Gasteiger partial charge in [-0.1, -0.05) is 30.3 Å². The van der Waals surface area contributed by atoms with E-state index in [1.54, 1.807) is 11.3 Å². The molecule has 2 N–H and O–H groups in total. The van der Waals surface area contributed by atoms with Crippen molar-refractivity contribution < 1.29 is 4.79 Å². The highest BCUT2D eigenvalue weighted by atomic mass is 32.1. The maximum absolute atomic E-state index is 12.6. The van der Waals surface area contributed by atoms with E-state index in [4.69, 9.17) is 0 Å². The lowest BCUT2D eigenvalue weighted by molar-refractivity contribution is 0.0952. The Labute approximate surface area is 145 Å². The van der Waals surface area contributed by atoms with E-state index in [-0.39, 0.29) is 5.91 Å². The molecule has 1 amide bonds. The lowest BCUT2D eigenvalue weighted by Gasteiger charge is -2.12. The van der Waals surface area contributed by atoms with Gasteiger partial charge in [-0.15, -0.1) is 11.3 Å². The van der Waals surface area contributed by atoms with E-state index >= 15 is 0 Å². The van der Waals surface area contributed by atoms with Crippen molar-refractivity contribution in [2.45, 2.75) is 20.4 Å². The normalized spacial score (nSPS) is 10.4. The number of hydrogen-bond acceptors (Lipinski definition) is 4. The summed E-state index contributed by atoms with van der Waals surface area (Å²) >= 11 is 1.62. The number of amides is 1. The molecule has 0 fully saturated rings. The van der Waals surface area contributed by atoms with Gasteiger partial charge in [-0.2, -0.15) is 0 Å². The predicted octanol–water partition coefficient (Wildman–Crippen LogP) is 4.43. The highest BCUT2D eigenvalue weighted by Gasteiger charge is 2.12. The van der Waals surface area contributed by atoms with E-state index in [2.05, 4.69) is 15.6 Å². The van der Waals surface area contributed by atoms with Crippen LogP contribution in [0, 0.1) is 13.8 Å². The first-order chi connectivity index (χ1) is 11.6. The fraction of sp³-hybridized carbons (Fsp3) is 0.158. The van der Waals surface area contributed by atoms with Crippen molar-refractivity contribution in [3.05, 3.63) is 75.7 Å². The van der Waals surface area contributed by atoms with E-state index in [1.807, 2.05) is 68.4 Å². The van der Waals surface area contributed by atoms with Gasteiger partial charge >= 0.3 is 0 Å². The van der Waals surface area contributed by atoms with Crippen LogP contribution in [0.1, 0.15) is 25.9 Å². The molecule has 5 heteroatoms. The summed E-state index contributed by atoms with van der Waals surface area (Å²) in [4.78, 5) is 18.1. The second-order valence-electron chi connectivity index (χ2n) is 5.46. The van der Waals surface area contributed by atoms with Gasteiger partial charge in [0.25, 0.3) is 5.91 Å². The Morgan fingerprint density at radius 2 is 1.75 bits per heavy atom. The standard InChI is InChI=1S/C19H19N3OS/c1-13-18(24-14(2)21-13)12-20-19(23)16-10-6-7-11-17(16)22-15-8-4-3-5-9-15/h3-11,22H,12H2,1-2H3,(H,20,23). The lowest BCUT2D eigenvalue weighted by atomic mass is 10.1. The molecular weight excluding hydrogens is 318 g/mol. The number of anilines is 2. The molecular formula is C19H19N3OS. The number of para-hydroxylation sites is 2. The molecule has 0 aliphatic carbocycles. The molecule has 24 heavy (non-hydrogen) atoms. The molecule has 2 aromatic carbocycles. The summed E-state index contributed by atoms with van der Waals surface area (Å²) in [7, 11) is 0. The Kier molecular flexibility index (Phi) is 4.91. The number of benzene rings is 2. The van der Waals surface area contributed by atoms with Gasteiger partial charge in [0.2, 0.25) is 0 Å². The largest absolute Gasteiger partial charge is 0.355 e. The molecule has 3 rings (SSSR count). The molecule has 0 saturated heterocycles. The first-order valence-electron chi connectivity index (χ1n) is 7.75. The van der Waals surface area contributed by atoms with Gasteiger partial charge in [0.1, 0.15) is 0 Å². The quantitative estimate of drug-likeness (QED) is 0.724. The molecule has 0 bridgehead atoms. The Balaban J connectivity index is 1.74. The number of aromatic nitrogens is 1. The summed E-state index contributed by atoms with van der Waals surface area (Å²) in [5.74, 6) is -0.0977. The molecule has 0 radical (unpaired) electrons. The van der Waals surface area contributed by atoms with E-state index < -0.39 is 0 Å². The Bertz CT molecular complexity index is 843. The summed E-state index contributed by atoms with van der Waals surface area (Å²) in [6.07, 6.45) is 0. The molecule has 3 aromatic rings. The van der Waals surface area contributed by atoms with Gasteiger partial charge in [0, 0.05) is 10.6 Å². The van der Waals surface area contributed by atoms with Crippen molar-refractivity contribution in [2.75, 3.05) is 5.32 Å². The van der Waals surface area contributed by atoms with Crippen LogP contribution >= 0.6 is 11.3 Å². The number of carbonyl (C=O) groups is 1. The Morgan fingerprint density at radius 1 is 1.04 bits per heavy atom. The minimum atomic E-state index is -0.0977. The smallest absolute Gasteiger partial charge is 0.253 e. The van der Waals surface area contributed by atoms with Gasteiger partial charge in [0.15, 0.2) is 0 Å². The molecule has 1 aromatic heterocycles. The van der Waals surface area contributed by atoms with Gasteiger partial charge in [-0.05, 0) is 38.1 Å². The third-order valence-electron chi connectivity index (χ3n) is 3.63. The van der Waals surface area contributed by atoms with Crippen LogP contribution in [-0.2, 0) is 6.54 Å². The van der Waals surface area contributed by atoms with E-state index in [0.717, 1.165) is 27.0 Å². The molecule has 0 atom stereocenters.